The van der Waals surface area contributed by atoms with Gasteiger partial charge in [-0.2, -0.15) is 5.10 Å². The molecule has 1 aliphatic rings. The Morgan fingerprint density at radius 3 is 2.62 bits per heavy atom. The molecule has 8 nitrogen and oxygen atoms in total. The highest BCUT2D eigenvalue weighted by atomic mass is 19.1. The first-order valence-electron chi connectivity index (χ1n) is 7.70. The number of aromatic nitrogens is 4. The van der Waals surface area contributed by atoms with E-state index in [1.165, 1.54) is 0 Å². The molecule has 0 radical (unpaired) electrons. The highest BCUT2D eigenvalue weighted by molar-refractivity contribution is 5.76. The van der Waals surface area contributed by atoms with Gasteiger partial charge in [-0.3, -0.25) is 9.48 Å². The highest BCUT2D eigenvalue weighted by Crippen LogP contribution is 2.13. The van der Waals surface area contributed by atoms with Crippen molar-refractivity contribution in [3.05, 3.63) is 30.6 Å². The molecular weight excluding hydrogens is 315 g/mol. The van der Waals surface area contributed by atoms with Crippen molar-refractivity contribution in [1.29, 1.82) is 0 Å². The molecule has 0 spiro atoms. The van der Waals surface area contributed by atoms with Gasteiger partial charge in [0, 0.05) is 19.3 Å². The number of nitrogens with zero attached hydrogens (tertiary/aromatic N) is 5. The van der Waals surface area contributed by atoms with Crippen molar-refractivity contribution in [3.8, 4) is 0 Å². The Balaban J connectivity index is 1.59. The Bertz CT molecular complexity index is 694. The topological polar surface area (TPSA) is 85.2 Å². The number of amides is 1. The fourth-order valence-corrected chi connectivity index (χ4v) is 2.64. The van der Waals surface area contributed by atoms with E-state index in [9.17, 15) is 9.18 Å². The zero-order valence-electron chi connectivity index (χ0n) is 13.5. The summed E-state index contributed by atoms with van der Waals surface area (Å²) in [4.78, 5) is 21.8. The van der Waals surface area contributed by atoms with Gasteiger partial charge in [-0.1, -0.05) is 0 Å². The minimum absolute atomic E-state index is 0.00955. The first-order valence-corrected chi connectivity index (χ1v) is 7.70. The number of nitrogens with one attached hydrogen (secondary N) is 1. The number of ether oxygens (including phenoxy) is 1. The van der Waals surface area contributed by atoms with Crippen molar-refractivity contribution >= 4 is 17.5 Å². The van der Waals surface area contributed by atoms with Gasteiger partial charge in [0.1, 0.15) is 6.54 Å². The molecule has 0 aliphatic carbocycles. The third-order valence-electron chi connectivity index (χ3n) is 3.58. The summed E-state index contributed by atoms with van der Waals surface area (Å²) in [6.07, 6.45) is 5.45. The maximum atomic E-state index is 12.8. The van der Waals surface area contributed by atoms with Gasteiger partial charge < -0.3 is 15.0 Å². The van der Waals surface area contributed by atoms with Crippen LogP contribution < -0.4 is 5.32 Å². The molecule has 1 amide bonds. The number of carbonyl (C=O) groups is 1. The molecule has 2 aromatic heterocycles. The summed E-state index contributed by atoms with van der Waals surface area (Å²) in [6, 6.07) is 0. The third kappa shape index (κ3) is 4.05. The van der Waals surface area contributed by atoms with Gasteiger partial charge in [0.15, 0.2) is 5.82 Å². The average molecular weight is 334 g/mol. The summed E-state index contributed by atoms with van der Waals surface area (Å²) in [5.74, 6) is -0.251. The predicted octanol–water partition coefficient (Wildman–Crippen LogP) is 1.19. The lowest BCUT2D eigenvalue weighted by molar-refractivity contribution is -0.144. The Morgan fingerprint density at radius 1 is 1.29 bits per heavy atom. The standard InChI is InChI=1S/C15H19FN6O2/c1-10-6-21(7-11(2)24-10)14(23)9-22-8-13(5-19-22)20-15-17-3-12(16)4-18-15/h3-5,8,10-11H,6-7,9H2,1-2H3,(H,17,18,20)/t10-,11-/m0/s1. The van der Waals surface area contributed by atoms with Crippen LogP contribution in [0.1, 0.15) is 13.8 Å². The Labute approximate surface area is 138 Å². The van der Waals surface area contributed by atoms with E-state index < -0.39 is 5.82 Å². The number of hydrogen-bond acceptors (Lipinski definition) is 6. The van der Waals surface area contributed by atoms with Crippen molar-refractivity contribution in [3.63, 3.8) is 0 Å². The van der Waals surface area contributed by atoms with Crippen LogP contribution in [0.2, 0.25) is 0 Å². The molecular formula is C15H19FN6O2. The maximum Gasteiger partial charge on any atom is 0.244 e. The van der Waals surface area contributed by atoms with E-state index in [0.717, 1.165) is 12.4 Å². The van der Waals surface area contributed by atoms with E-state index in [-0.39, 0.29) is 30.6 Å². The van der Waals surface area contributed by atoms with Crippen molar-refractivity contribution in [2.45, 2.75) is 32.6 Å². The molecule has 1 saturated heterocycles. The molecule has 128 valence electrons. The maximum absolute atomic E-state index is 12.8. The van der Waals surface area contributed by atoms with Crippen LogP contribution in [0.4, 0.5) is 16.0 Å². The summed E-state index contributed by atoms with van der Waals surface area (Å²) in [5.41, 5.74) is 0.623. The smallest absolute Gasteiger partial charge is 0.244 e. The summed E-state index contributed by atoms with van der Waals surface area (Å²) >= 11 is 0. The van der Waals surface area contributed by atoms with Crippen LogP contribution in [-0.4, -0.2) is 55.9 Å². The second-order valence-electron chi connectivity index (χ2n) is 5.83. The van der Waals surface area contributed by atoms with Crippen LogP contribution in [-0.2, 0) is 16.1 Å². The summed E-state index contributed by atoms with van der Waals surface area (Å²) < 4.78 is 20.0. The van der Waals surface area contributed by atoms with Gasteiger partial charge in [0.2, 0.25) is 11.9 Å². The molecule has 0 unspecified atom stereocenters. The lowest BCUT2D eigenvalue weighted by Crippen LogP contribution is -2.49. The largest absolute Gasteiger partial charge is 0.372 e. The van der Waals surface area contributed by atoms with Crippen molar-refractivity contribution in [2.75, 3.05) is 18.4 Å². The minimum atomic E-state index is -0.504. The van der Waals surface area contributed by atoms with Crippen LogP contribution in [0, 0.1) is 5.82 Å². The Morgan fingerprint density at radius 2 is 1.96 bits per heavy atom. The van der Waals surface area contributed by atoms with Crippen LogP contribution in [0.15, 0.2) is 24.8 Å². The first-order chi connectivity index (χ1) is 11.5. The SMILES string of the molecule is C[C@H]1CN(C(=O)Cn2cc(Nc3ncc(F)cn3)cn2)C[C@H](C)O1. The highest BCUT2D eigenvalue weighted by Gasteiger charge is 2.25. The summed E-state index contributed by atoms with van der Waals surface area (Å²) in [6.45, 7) is 5.21. The average Bonchev–Trinajstić information content (AvgIpc) is 2.95. The molecule has 0 aromatic carbocycles. The lowest BCUT2D eigenvalue weighted by atomic mass is 10.2. The van der Waals surface area contributed by atoms with E-state index in [1.807, 2.05) is 13.8 Å². The molecule has 0 bridgehead atoms. The number of morpholine rings is 1. The summed E-state index contributed by atoms with van der Waals surface area (Å²) in [7, 11) is 0. The third-order valence-corrected chi connectivity index (χ3v) is 3.58. The van der Waals surface area contributed by atoms with Gasteiger partial charge >= 0.3 is 0 Å². The number of anilines is 2. The second kappa shape index (κ2) is 6.91. The fourth-order valence-electron chi connectivity index (χ4n) is 2.64. The van der Waals surface area contributed by atoms with Crippen molar-refractivity contribution in [2.24, 2.45) is 0 Å². The van der Waals surface area contributed by atoms with Crippen LogP contribution in [0.25, 0.3) is 0 Å². The number of rotatable bonds is 4. The number of hydrogen-bond donors (Lipinski definition) is 1. The van der Waals surface area contributed by atoms with Gasteiger partial charge in [0.05, 0.1) is 36.5 Å². The monoisotopic (exact) mass is 334 g/mol. The zero-order valence-corrected chi connectivity index (χ0v) is 13.5. The van der Waals surface area contributed by atoms with Gasteiger partial charge in [-0.05, 0) is 13.8 Å². The van der Waals surface area contributed by atoms with Crippen molar-refractivity contribution in [1.82, 2.24) is 24.6 Å². The second-order valence-corrected chi connectivity index (χ2v) is 5.83. The normalized spacial score (nSPS) is 20.9. The number of carbonyl (C=O) groups excluding carboxylic acids is 1. The number of halogens is 1. The fraction of sp³-hybridized carbons (Fsp3) is 0.467. The molecule has 1 fully saturated rings. The van der Waals surface area contributed by atoms with Gasteiger partial charge in [-0.15, -0.1) is 0 Å². The predicted molar refractivity (Wildman–Crippen MR) is 84.1 cm³/mol. The minimum Gasteiger partial charge on any atom is -0.372 e. The van der Waals surface area contributed by atoms with Crippen molar-refractivity contribution < 1.29 is 13.9 Å². The van der Waals surface area contributed by atoms with E-state index in [2.05, 4.69) is 20.4 Å². The zero-order chi connectivity index (χ0) is 17.1. The molecule has 1 aliphatic heterocycles. The molecule has 3 rings (SSSR count). The molecule has 1 N–H and O–H groups in total. The molecule has 24 heavy (non-hydrogen) atoms. The molecule has 2 atom stereocenters. The molecule has 0 saturated carbocycles. The first kappa shape index (κ1) is 16.3. The summed E-state index contributed by atoms with van der Waals surface area (Å²) in [5, 5.41) is 7.05. The molecule has 2 aromatic rings. The molecule has 9 heteroatoms. The Hall–Kier alpha value is -2.55. The quantitative estimate of drug-likeness (QED) is 0.904. The van der Waals surface area contributed by atoms with Gasteiger partial charge in [-0.25, -0.2) is 14.4 Å². The van der Waals surface area contributed by atoms with E-state index in [1.54, 1.807) is 22.0 Å². The molecule has 3 heterocycles. The van der Waals surface area contributed by atoms with Crippen LogP contribution in [0.3, 0.4) is 0 Å². The van der Waals surface area contributed by atoms with Gasteiger partial charge in [0.25, 0.3) is 0 Å². The lowest BCUT2D eigenvalue weighted by Gasteiger charge is -2.35. The van der Waals surface area contributed by atoms with E-state index in [0.29, 0.717) is 18.8 Å². The van der Waals surface area contributed by atoms with Crippen LogP contribution in [0.5, 0.6) is 0 Å². The van der Waals surface area contributed by atoms with E-state index >= 15 is 0 Å². The Kier molecular flexibility index (Phi) is 4.70. The van der Waals surface area contributed by atoms with E-state index in [4.69, 9.17) is 4.74 Å². The van der Waals surface area contributed by atoms with Crippen LogP contribution >= 0.6 is 0 Å².